The molecule has 1 atom stereocenters. The van der Waals surface area contributed by atoms with Crippen molar-refractivity contribution in [3.63, 3.8) is 0 Å². The van der Waals surface area contributed by atoms with Crippen LogP contribution in [0.3, 0.4) is 0 Å². The molecule has 22 heavy (non-hydrogen) atoms. The summed E-state index contributed by atoms with van der Waals surface area (Å²) in [6, 6.07) is 4.55. The maximum Gasteiger partial charge on any atom is 0.194 e. The zero-order valence-corrected chi connectivity index (χ0v) is 12.6. The normalized spacial score (nSPS) is 19.0. The lowest BCUT2D eigenvalue weighted by atomic mass is 10.2. The van der Waals surface area contributed by atoms with Crippen molar-refractivity contribution < 1.29 is 13.2 Å². The van der Waals surface area contributed by atoms with E-state index >= 15 is 0 Å². The van der Waals surface area contributed by atoms with E-state index in [1.165, 1.54) is 6.07 Å². The summed E-state index contributed by atoms with van der Waals surface area (Å²) in [7, 11) is 0. The molecule has 1 fully saturated rings. The Balaban J connectivity index is 1.71. The van der Waals surface area contributed by atoms with E-state index in [1.807, 2.05) is 29.5 Å². The minimum atomic E-state index is -1.40. The molecule has 0 aliphatic carbocycles. The molecule has 0 spiro atoms. The standard InChI is InChI=1S/C16H18F3N3/c1-10-7-11(2)22(20-10)13-5-6-21(9-13)8-12-3-4-14(17)16(19)15(12)18/h3-4,7,13H,5-6,8-9H2,1-2H3. The largest absolute Gasteiger partial charge is 0.297 e. The first kappa shape index (κ1) is 15.1. The molecule has 2 heterocycles. The average Bonchev–Trinajstić information content (AvgIpc) is 3.06. The Labute approximate surface area is 127 Å². The van der Waals surface area contributed by atoms with Crippen LogP contribution >= 0.6 is 0 Å². The first-order valence-corrected chi connectivity index (χ1v) is 7.33. The van der Waals surface area contributed by atoms with Crippen LogP contribution in [0.1, 0.15) is 29.4 Å². The van der Waals surface area contributed by atoms with Gasteiger partial charge in [-0.3, -0.25) is 9.58 Å². The molecule has 6 heteroatoms. The molecule has 1 unspecified atom stereocenters. The van der Waals surface area contributed by atoms with Gasteiger partial charge in [-0.25, -0.2) is 13.2 Å². The molecule has 1 aliphatic rings. The number of benzene rings is 1. The first-order valence-electron chi connectivity index (χ1n) is 7.33. The van der Waals surface area contributed by atoms with Crippen LogP contribution in [0.4, 0.5) is 13.2 Å². The molecular weight excluding hydrogens is 291 g/mol. The molecule has 0 bridgehead atoms. The summed E-state index contributed by atoms with van der Waals surface area (Å²) >= 11 is 0. The molecule has 1 saturated heterocycles. The van der Waals surface area contributed by atoms with Gasteiger partial charge in [0.2, 0.25) is 0 Å². The number of aryl methyl sites for hydroxylation is 2. The van der Waals surface area contributed by atoms with E-state index in [4.69, 9.17) is 0 Å². The zero-order chi connectivity index (χ0) is 15.9. The fourth-order valence-corrected chi connectivity index (χ4v) is 3.10. The maximum absolute atomic E-state index is 13.7. The third-order valence-corrected chi connectivity index (χ3v) is 4.15. The molecule has 0 amide bonds. The van der Waals surface area contributed by atoms with Crippen molar-refractivity contribution in [2.45, 2.75) is 32.9 Å². The highest BCUT2D eigenvalue weighted by Gasteiger charge is 2.26. The van der Waals surface area contributed by atoms with E-state index < -0.39 is 17.5 Å². The van der Waals surface area contributed by atoms with E-state index in [0.717, 1.165) is 37.0 Å². The highest BCUT2D eigenvalue weighted by Crippen LogP contribution is 2.25. The van der Waals surface area contributed by atoms with Crippen LogP contribution in [0.15, 0.2) is 18.2 Å². The van der Waals surface area contributed by atoms with E-state index in [9.17, 15) is 13.2 Å². The van der Waals surface area contributed by atoms with Crippen molar-refractivity contribution in [2.75, 3.05) is 13.1 Å². The molecule has 1 aliphatic heterocycles. The molecule has 2 aromatic rings. The van der Waals surface area contributed by atoms with Gasteiger partial charge in [0.15, 0.2) is 17.5 Å². The Morgan fingerprint density at radius 1 is 1.18 bits per heavy atom. The number of nitrogens with zero attached hydrogens (tertiary/aromatic N) is 3. The van der Waals surface area contributed by atoms with Gasteiger partial charge in [0.25, 0.3) is 0 Å². The SMILES string of the molecule is Cc1cc(C)n(C2CCN(Cc3ccc(F)c(F)c3F)C2)n1. The average molecular weight is 309 g/mol. The maximum atomic E-state index is 13.7. The summed E-state index contributed by atoms with van der Waals surface area (Å²) < 4.78 is 42.0. The third kappa shape index (κ3) is 2.75. The van der Waals surface area contributed by atoms with E-state index in [2.05, 4.69) is 5.10 Å². The topological polar surface area (TPSA) is 21.1 Å². The summed E-state index contributed by atoms with van der Waals surface area (Å²) in [6.07, 6.45) is 0.910. The summed E-state index contributed by atoms with van der Waals surface area (Å²) in [6.45, 7) is 5.74. The van der Waals surface area contributed by atoms with Gasteiger partial charge in [-0.2, -0.15) is 5.10 Å². The second-order valence-corrected chi connectivity index (χ2v) is 5.88. The molecule has 3 nitrogen and oxygen atoms in total. The van der Waals surface area contributed by atoms with Crippen molar-refractivity contribution in [3.8, 4) is 0 Å². The second kappa shape index (κ2) is 5.76. The van der Waals surface area contributed by atoms with Gasteiger partial charge in [-0.15, -0.1) is 0 Å². The smallest absolute Gasteiger partial charge is 0.194 e. The highest BCUT2D eigenvalue weighted by molar-refractivity contribution is 5.20. The van der Waals surface area contributed by atoms with Crippen molar-refractivity contribution >= 4 is 0 Å². The summed E-state index contributed by atoms with van der Waals surface area (Å²) in [5.41, 5.74) is 2.26. The lowest BCUT2D eigenvalue weighted by molar-refractivity contribution is 0.302. The fraction of sp³-hybridized carbons (Fsp3) is 0.438. The van der Waals surface area contributed by atoms with Crippen LogP contribution in [0, 0.1) is 31.3 Å². The van der Waals surface area contributed by atoms with E-state index in [0.29, 0.717) is 0 Å². The minimum absolute atomic E-state index is 0.188. The predicted octanol–water partition coefficient (Wildman–Crippen LogP) is 3.36. The lowest BCUT2D eigenvalue weighted by Gasteiger charge is -2.17. The molecule has 1 aromatic carbocycles. The van der Waals surface area contributed by atoms with Gasteiger partial charge in [0, 0.05) is 30.9 Å². The molecule has 3 rings (SSSR count). The summed E-state index contributed by atoms with van der Waals surface area (Å²) in [5.74, 6) is -3.63. The van der Waals surface area contributed by atoms with Crippen LogP contribution in [-0.4, -0.2) is 27.8 Å². The van der Waals surface area contributed by atoms with Crippen LogP contribution in [-0.2, 0) is 6.54 Å². The minimum Gasteiger partial charge on any atom is -0.297 e. The van der Waals surface area contributed by atoms with Crippen molar-refractivity contribution in [2.24, 2.45) is 0 Å². The quantitative estimate of drug-likeness (QED) is 0.811. The summed E-state index contributed by atoms with van der Waals surface area (Å²) in [4.78, 5) is 2.04. The number of halogens is 3. The van der Waals surface area contributed by atoms with Crippen molar-refractivity contribution in [1.29, 1.82) is 0 Å². The predicted molar refractivity (Wildman–Crippen MR) is 76.9 cm³/mol. The number of hydrogen-bond donors (Lipinski definition) is 0. The van der Waals surface area contributed by atoms with Gasteiger partial charge < -0.3 is 0 Å². The Morgan fingerprint density at radius 2 is 1.95 bits per heavy atom. The highest BCUT2D eigenvalue weighted by atomic mass is 19.2. The van der Waals surface area contributed by atoms with Crippen LogP contribution in [0.5, 0.6) is 0 Å². The molecule has 0 radical (unpaired) electrons. The van der Waals surface area contributed by atoms with Gasteiger partial charge >= 0.3 is 0 Å². The molecular formula is C16H18F3N3. The van der Waals surface area contributed by atoms with Crippen molar-refractivity contribution in [1.82, 2.24) is 14.7 Å². The van der Waals surface area contributed by atoms with E-state index in [-0.39, 0.29) is 18.2 Å². The van der Waals surface area contributed by atoms with Crippen molar-refractivity contribution in [3.05, 3.63) is 52.6 Å². The zero-order valence-electron chi connectivity index (χ0n) is 12.6. The Morgan fingerprint density at radius 3 is 2.64 bits per heavy atom. The lowest BCUT2D eigenvalue weighted by Crippen LogP contribution is -2.23. The number of hydrogen-bond acceptors (Lipinski definition) is 2. The Kier molecular flexibility index (Phi) is 3.95. The number of aromatic nitrogens is 2. The summed E-state index contributed by atoms with van der Waals surface area (Å²) in [5, 5.41) is 4.48. The fourth-order valence-electron chi connectivity index (χ4n) is 3.10. The molecule has 0 saturated carbocycles. The molecule has 0 N–H and O–H groups in total. The van der Waals surface area contributed by atoms with Crippen LogP contribution < -0.4 is 0 Å². The molecule has 118 valence electrons. The second-order valence-electron chi connectivity index (χ2n) is 5.88. The number of likely N-dealkylation sites (tertiary alicyclic amines) is 1. The van der Waals surface area contributed by atoms with Gasteiger partial charge in [-0.05, 0) is 32.4 Å². The van der Waals surface area contributed by atoms with Gasteiger partial charge in [0.1, 0.15) is 0 Å². The first-order chi connectivity index (χ1) is 10.5. The monoisotopic (exact) mass is 309 g/mol. The van der Waals surface area contributed by atoms with E-state index in [1.54, 1.807) is 0 Å². The molecule has 1 aromatic heterocycles. The Hall–Kier alpha value is -1.82. The number of rotatable bonds is 3. The Bertz CT molecular complexity index is 696. The third-order valence-electron chi connectivity index (χ3n) is 4.15. The van der Waals surface area contributed by atoms with Gasteiger partial charge in [-0.1, -0.05) is 6.07 Å². The van der Waals surface area contributed by atoms with Crippen LogP contribution in [0.25, 0.3) is 0 Å². The van der Waals surface area contributed by atoms with Gasteiger partial charge in [0.05, 0.1) is 11.7 Å². The van der Waals surface area contributed by atoms with Crippen LogP contribution in [0.2, 0.25) is 0 Å².